The summed E-state index contributed by atoms with van der Waals surface area (Å²) in [4.78, 5) is 15.2. The van der Waals surface area contributed by atoms with E-state index in [1.54, 1.807) is 19.2 Å². The van der Waals surface area contributed by atoms with E-state index in [0.29, 0.717) is 6.54 Å². The van der Waals surface area contributed by atoms with E-state index in [4.69, 9.17) is 5.11 Å². The van der Waals surface area contributed by atoms with Crippen LogP contribution in [0.3, 0.4) is 0 Å². The molecule has 1 aromatic carbocycles. The van der Waals surface area contributed by atoms with Crippen molar-refractivity contribution in [2.45, 2.75) is 6.54 Å². The molecule has 2 amide bonds. The first kappa shape index (κ1) is 13.7. The minimum atomic E-state index is -0.251. The summed E-state index contributed by atoms with van der Waals surface area (Å²) in [6.07, 6.45) is 1.41. The Morgan fingerprint density at radius 2 is 1.85 bits per heavy atom. The molecule has 2 rings (SSSR count). The Balaban J connectivity index is 1.90. The number of hydrogen-bond donors (Lipinski definition) is 4. The largest absolute Gasteiger partial charge is 0.506 e. The van der Waals surface area contributed by atoms with Crippen LogP contribution in [0, 0.1) is 0 Å². The van der Waals surface area contributed by atoms with Crippen LogP contribution < -0.4 is 16.0 Å². The van der Waals surface area contributed by atoms with Gasteiger partial charge in [0.2, 0.25) is 0 Å². The van der Waals surface area contributed by atoms with Gasteiger partial charge in [-0.3, -0.25) is 4.98 Å². The number of aromatic nitrogens is 1. The number of benzene rings is 1. The molecule has 6 nitrogen and oxygen atoms in total. The molecule has 0 aliphatic heterocycles. The SMILES string of the molecule is CNC(=O)Nc1ccc(NCc2ccc(O)cn2)cc1. The van der Waals surface area contributed by atoms with Gasteiger partial charge < -0.3 is 21.1 Å². The Morgan fingerprint density at radius 1 is 1.15 bits per heavy atom. The first-order valence-electron chi connectivity index (χ1n) is 6.14. The molecule has 0 saturated heterocycles. The number of urea groups is 1. The number of pyridine rings is 1. The number of carbonyl (C=O) groups is 1. The smallest absolute Gasteiger partial charge is 0.318 e. The van der Waals surface area contributed by atoms with Crippen molar-refractivity contribution in [3.8, 4) is 5.75 Å². The molecule has 6 heteroatoms. The molecule has 4 N–H and O–H groups in total. The maximum atomic E-state index is 11.1. The molecule has 104 valence electrons. The number of amides is 2. The predicted octanol–water partition coefficient (Wildman–Crippen LogP) is 2.15. The molecule has 0 aliphatic rings. The van der Waals surface area contributed by atoms with Gasteiger partial charge in [0.1, 0.15) is 5.75 Å². The van der Waals surface area contributed by atoms with Crippen molar-refractivity contribution in [1.82, 2.24) is 10.3 Å². The number of hydrogen-bond acceptors (Lipinski definition) is 4. The molecule has 20 heavy (non-hydrogen) atoms. The molecule has 0 fully saturated rings. The van der Waals surface area contributed by atoms with E-state index in [9.17, 15) is 4.79 Å². The van der Waals surface area contributed by atoms with Crippen molar-refractivity contribution in [2.75, 3.05) is 17.7 Å². The van der Waals surface area contributed by atoms with E-state index in [0.717, 1.165) is 17.1 Å². The summed E-state index contributed by atoms with van der Waals surface area (Å²) >= 11 is 0. The molecular weight excluding hydrogens is 256 g/mol. The lowest BCUT2D eigenvalue weighted by molar-refractivity contribution is 0.254. The molecule has 0 spiro atoms. The van der Waals surface area contributed by atoms with Crippen LogP contribution in [0.4, 0.5) is 16.2 Å². The summed E-state index contributed by atoms with van der Waals surface area (Å²) in [5.74, 6) is 0.151. The third-order valence-corrected chi connectivity index (χ3v) is 2.65. The van der Waals surface area contributed by atoms with Gasteiger partial charge in [-0.1, -0.05) is 0 Å². The summed E-state index contributed by atoms with van der Waals surface area (Å²) in [7, 11) is 1.57. The van der Waals surface area contributed by atoms with Crippen LogP contribution in [0.5, 0.6) is 5.75 Å². The normalized spacial score (nSPS) is 9.85. The van der Waals surface area contributed by atoms with Crippen molar-refractivity contribution in [2.24, 2.45) is 0 Å². The molecule has 1 aromatic heterocycles. The highest BCUT2D eigenvalue weighted by Gasteiger charge is 1.99. The van der Waals surface area contributed by atoms with Gasteiger partial charge in [0, 0.05) is 18.4 Å². The van der Waals surface area contributed by atoms with Gasteiger partial charge in [0.15, 0.2) is 0 Å². The van der Waals surface area contributed by atoms with Crippen molar-refractivity contribution in [3.63, 3.8) is 0 Å². The number of carbonyl (C=O) groups excluding carboxylic acids is 1. The summed E-state index contributed by atoms with van der Waals surface area (Å²) < 4.78 is 0. The van der Waals surface area contributed by atoms with Crippen molar-refractivity contribution in [1.29, 1.82) is 0 Å². The summed E-state index contributed by atoms with van der Waals surface area (Å²) in [5.41, 5.74) is 2.47. The average Bonchev–Trinajstić information content (AvgIpc) is 2.48. The Hall–Kier alpha value is -2.76. The van der Waals surface area contributed by atoms with Gasteiger partial charge in [0.25, 0.3) is 0 Å². The quantitative estimate of drug-likeness (QED) is 0.687. The van der Waals surface area contributed by atoms with Crippen LogP contribution in [0.1, 0.15) is 5.69 Å². The maximum absolute atomic E-state index is 11.1. The highest BCUT2D eigenvalue weighted by molar-refractivity contribution is 5.89. The predicted molar refractivity (Wildman–Crippen MR) is 77.7 cm³/mol. The van der Waals surface area contributed by atoms with Gasteiger partial charge in [-0.05, 0) is 36.4 Å². The van der Waals surface area contributed by atoms with Crippen LogP contribution in [0.15, 0.2) is 42.6 Å². The zero-order valence-electron chi connectivity index (χ0n) is 11.1. The van der Waals surface area contributed by atoms with Crippen LogP contribution >= 0.6 is 0 Å². The van der Waals surface area contributed by atoms with E-state index in [1.165, 1.54) is 6.20 Å². The van der Waals surface area contributed by atoms with Crippen LogP contribution in [0.25, 0.3) is 0 Å². The van der Waals surface area contributed by atoms with Crippen LogP contribution in [-0.4, -0.2) is 23.2 Å². The Morgan fingerprint density at radius 3 is 2.45 bits per heavy atom. The number of nitrogens with one attached hydrogen (secondary N) is 3. The topological polar surface area (TPSA) is 86.3 Å². The standard InChI is InChI=1S/C14H16N4O2/c1-15-14(20)18-11-4-2-10(3-5-11)16-8-12-6-7-13(19)9-17-12/h2-7,9,16,19H,8H2,1H3,(H2,15,18,20). The molecule has 0 saturated carbocycles. The average molecular weight is 272 g/mol. The zero-order chi connectivity index (χ0) is 14.4. The highest BCUT2D eigenvalue weighted by Crippen LogP contribution is 2.14. The zero-order valence-corrected chi connectivity index (χ0v) is 11.1. The van der Waals surface area contributed by atoms with Crippen molar-refractivity contribution in [3.05, 3.63) is 48.3 Å². The molecule has 0 radical (unpaired) electrons. The molecule has 0 aliphatic carbocycles. The Kier molecular flexibility index (Phi) is 4.39. The van der Waals surface area contributed by atoms with Gasteiger partial charge in [-0.2, -0.15) is 0 Å². The number of nitrogens with zero attached hydrogens (tertiary/aromatic N) is 1. The fourth-order valence-electron chi connectivity index (χ4n) is 1.58. The lowest BCUT2D eigenvalue weighted by Gasteiger charge is -2.08. The third-order valence-electron chi connectivity index (χ3n) is 2.65. The molecule has 0 bridgehead atoms. The van der Waals surface area contributed by atoms with Crippen LogP contribution in [0.2, 0.25) is 0 Å². The lowest BCUT2D eigenvalue weighted by atomic mass is 10.2. The maximum Gasteiger partial charge on any atom is 0.318 e. The van der Waals surface area contributed by atoms with Gasteiger partial charge in [-0.25, -0.2) is 4.79 Å². The molecular formula is C14H16N4O2. The van der Waals surface area contributed by atoms with E-state index < -0.39 is 0 Å². The summed E-state index contributed by atoms with van der Waals surface area (Å²) in [6, 6.07) is 10.4. The second-order valence-corrected chi connectivity index (χ2v) is 4.14. The van der Waals surface area contributed by atoms with Gasteiger partial charge in [-0.15, -0.1) is 0 Å². The minimum absolute atomic E-state index is 0.151. The molecule has 2 aromatic rings. The first-order valence-corrected chi connectivity index (χ1v) is 6.14. The van der Waals surface area contributed by atoms with E-state index in [1.807, 2.05) is 24.3 Å². The van der Waals surface area contributed by atoms with Gasteiger partial charge in [0.05, 0.1) is 18.4 Å². The Labute approximate surface area is 116 Å². The van der Waals surface area contributed by atoms with Crippen LogP contribution in [-0.2, 0) is 6.54 Å². The molecule has 0 atom stereocenters. The highest BCUT2D eigenvalue weighted by atomic mass is 16.3. The monoisotopic (exact) mass is 272 g/mol. The second kappa shape index (κ2) is 6.42. The summed E-state index contributed by atoms with van der Waals surface area (Å²) in [6.45, 7) is 0.558. The fourth-order valence-corrected chi connectivity index (χ4v) is 1.58. The van der Waals surface area contributed by atoms with Crippen molar-refractivity contribution >= 4 is 17.4 Å². The summed E-state index contributed by atoms with van der Waals surface area (Å²) in [5, 5.41) is 17.5. The third kappa shape index (κ3) is 3.88. The fraction of sp³-hybridized carbons (Fsp3) is 0.143. The molecule has 0 unspecified atom stereocenters. The number of rotatable bonds is 4. The Bertz CT molecular complexity index is 567. The number of anilines is 2. The van der Waals surface area contributed by atoms with Crippen molar-refractivity contribution < 1.29 is 9.90 Å². The minimum Gasteiger partial charge on any atom is -0.506 e. The lowest BCUT2D eigenvalue weighted by Crippen LogP contribution is -2.24. The van der Waals surface area contributed by atoms with Gasteiger partial charge >= 0.3 is 6.03 Å². The molecule has 1 heterocycles. The van der Waals surface area contributed by atoms with E-state index in [-0.39, 0.29) is 11.8 Å². The second-order valence-electron chi connectivity index (χ2n) is 4.14. The number of aromatic hydroxyl groups is 1. The van der Waals surface area contributed by atoms with E-state index in [2.05, 4.69) is 20.9 Å². The van der Waals surface area contributed by atoms with E-state index >= 15 is 0 Å². The first-order chi connectivity index (χ1) is 9.67.